The van der Waals surface area contributed by atoms with E-state index >= 15 is 0 Å². The number of ether oxygens (including phenoxy) is 1. The zero-order valence-corrected chi connectivity index (χ0v) is 19.8. The molecule has 0 amide bonds. The number of aliphatic imine (C=N–C) groups is 1. The van der Waals surface area contributed by atoms with Crippen LogP contribution >= 0.6 is 0 Å². The first-order valence-corrected chi connectivity index (χ1v) is 11.7. The average molecular weight is 454 g/mol. The van der Waals surface area contributed by atoms with Crippen molar-refractivity contribution < 1.29 is 14.6 Å². The number of anilines is 1. The molecule has 0 bridgehead atoms. The SMILES string of the molecule is CCC1CCC(c2ccc(C3=Nc4c(N)nc(C)nc4OC3C)cc2CCN)CC1.O=CO. The first-order chi connectivity index (χ1) is 15.9. The standard InChI is InChI=1S/C24H33N5O.CH2O2/c1-4-16-5-7-17(8-6-16)20-10-9-19(13-18(20)11-12-25)21-14(2)30-24-22(29-21)23(26)27-15(3)28-24;2-1-3/h9-10,13-14,16-17H,4-8,11-12,25H2,1-3H3,(H2,26,27,28);1H,(H,2,3). The number of benzene rings is 1. The van der Waals surface area contributed by atoms with Gasteiger partial charge in [-0.3, -0.25) is 4.79 Å². The molecule has 33 heavy (non-hydrogen) atoms. The number of carboxylic acid groups (broad SMARTS) is 1. The number of nitrogens with zero attached hydrogens (tertiary/aromatic N) is 3. The second-order valence-electron chi connectivity index (χ2n) is 8.75. The molecular weight excluding hydrogens is 418 g/mol. The summed E-state index contributed by atoms with van der Waals surface area (Å²) >= 11 is 0. The highest BCUT2D eigenvalue weighted by molar-refractivity contribution is 6.07. The molecule has 0 spiro atoms. The topological polar surface area (TPSA) is 137 Å². The summed E-state index contributed by atoms with van der Waals surface area (Å²) in [4.78, 5) is 21.8. The Morgan fingerprint density at radius 1 is 1.21 bits per heavy atom. The lowest BCUT2D eigenvalue weighted by Gasteiger charge is -2.30. The Hall–Kier alpha value is -3.00. The molecule has 1 atom stereocenters. The molecule has 4 rings (SSSR count). The maximum Gasteiger partial charge on any atom is 0.290 e. The van der Waals surface area contributed by atoms with Gasteiger partial charge < -0.3 is 21.3 Å². The van der Waals surface area contributed by atoms with E-state index in [9.17, 15) is 0 Å². The van der Waals surface area contributed by atoms with Crippen molar-refractivity contribution in [2.24, 2.45) is 16.6 Å². The lowest BCUT2D eigenvalue weighted by atomic mass is 9.76. The van der Waals surface area contributed by atoms with Gasteiger partial charge in [0.25, 0.3) is 6.47 Å². The molecule has 1 aliphatic heterocycles. The monoisotopic (exact) mass is 453 g/mol. The van der Waals surface area contributed by atoms with Gasteiger partial charge in [0.1, 0.15) is 11.9 Å². The second kappa shape index (κ2) is 11.2. The second-order valence-corrected chi connectivity index (χ2v) is 8.75. The summed E-state index contributed by atoms with van der Waals surface area (Å²) in [7, 11) is 0. The summed E-state index contributed by atoms with van der Waals surface area (Å²) in [5, 5.41) is 6.89. The van der Waals surface area contributed by atoms with Gasteiger partial charge >= 0.3 is 0 Å². The first kappa shape index (κ1) is 24.6. The summed E-state index contributed by atoms with van der Waals surface area (Å²) in [6.07, 6.45) is 7.18. The van der Waals surface area contributed by atoms with Gasteiger partial charge in [0, 0.05) is 5.56 Å². The highest BCUT2D eigenvalue weighted by Gasteiger charge is 2.27. The molecule has 1 aliphatic carbocycles. The molecule has 0 saturated heterocycles. The van der Waals surface area contributed by atoms with Crippen LogP contribution in [0, 0.1) is 12.8 Å². The Morgan fingerprint density at radius 2 is 1.91 bits per heavy atom. The van der Waals surface area contributed by atoms with E-state index in [1.54, 1.807) is 6.92 Å². The number of hydrogen-bond acceptors (Lipinski definition) is 7. The third-order valence-corrected chi connectivity index (χ3v) is 6.61. The number of carbonyl (C=O) groups is 1. The minimum atomic E-state index is -0.250. The predicted octanol–water partition coefficient (Wildman–Crippen LogP) is 4.15. The number of rotatable bonds is 5. The largest absolute Gasteiger partial charge is 0.483 e. The van der Waals surface area contributed by atoms with Crippen molar-refractivity contribution in [3.63, 3.8) is 0 Å². The molecule has 178 valence electrons. The Bertz CT molecular complexity index is 1000. The quantitative estimate of drug-likeness (QED) is 0.578. The van der Waals surface area contributed by atoms with Crippen LogP contribution in [0.25, 0.3) is 0 Å². The van der Waals surface area contributed by atoms with E-state index in [2.05, 4.69) is 35.1 Å². The lowest BCUT2D eigenvalue weighted by Crippen LogP contribution is -2.28. The first-order valence-electron chi connectivity index (χ1n) is 11.7. The van der Waals surface area contributed by atoms with Crippen LogP contribution in [0.5, 0.6) is 5.88 Å². The number of aromatic nitrogens is 2. The molecular formula is C25H35N5O3. The molecule has 8 nitrogen and oxygen atoms in total. The average Bonchev–Trinajstić information content (AvgIpc) is 2.79. The molecule has 0 radical (unpaired) electrons. The maximum atomic E-state index is 8.36. The fourth-order valence-electron chi connectivity index (χ4n) is 4.90. The molecule has 5 N–H and O–H groups in total. The van der Waals surface area contributed by atoms with Crippen molar-refractivity contribution in [2.45, 2.75) is 71.3 Å². The van der Waals surface area contributed by atoms with Crippen molar-refractivity contribution in [2.75, 3.05) is 12.3 Å². The molecule has 8 heteroatoms. The Balaban J connectivity index is 0.000000968. The van der Waals surface area contributed by atoms with Gasteiger partial charge in [0.05, 0.1) is 5.71 Å². The summed E-state index contributed by atoms with van der Waals surface area (Å²) in [6.45, 7) is 6.50. The Kier molecular flexibility index (Phi) is 8.38. The van der Waals surface area contributed by atoms with Crippen molar-refractivity contribution >= 4 is 23.7 Å². The fourth-order valence-corrected chi connectivity index (χ4v) is 4.90. The van der Waals surface area contributed by atoms with E-state index in [1.165, 1.54) is 43.2 Å². The van der Waals surface area contributed by atoms with Crippen LogP contribution in [0.3, 0.4) is 0 Å². The van der Waals surface area contributed by atoms with Crippen LogP contribution < -0.4 is 16.2 Å². The van der Waals surface area contributed by atoms with E-state index in [0.29, 0.717) is 35.7 Å². The number of aryl methyl sites for hydroxylation is 1. The van der Waals surface area contributed by atoms with Crippen molar-refractivity contribution in [1.29, 1.82) is 0 Å². The van der Waals surface area contributed by atoms with Gasteiger partial charge in [-0.25, -0.2) is 9.98 Å². The zero-order valence-electron chi connectivity index (χ0n) is 19.8. The van der Waals surface area contributed by atoms with Gasteiger partial charge in [0.2, 0.25) is 5.88 Å². The van der Waals surface area contributed by atoms with Crippen molar-refractivity contribution in [1.82, 2.24) is 9.97 Å². The third kappa shape index (κ3) is 5.68. The molecule has 2 aliphatic rings. The van der Waals surface area contributed by atoms with Crippen LogP contribution in [0.2, 0.25) is 0 Å². The molecule has 1 aromatic carbocycles. The maximum absolute atomic E-state index is 8.36. The van der Waals surface area contributed by atoms with Gasteiger partial charge in [-0.2, -0.15) is 4.98 Å². The molecule has 1 aromatic heterocycles. The van der Waals surface area contributed by atoms with Crippen LogP contribution in [0.15, 0.2) is 23.2 Å². The van der Waals surface area contributed by atoms with E-state index in [0.717, 1.165) is 23.6 Å². The molecule has 2 heterocycles. The summed E-state index contributed by atoms with van der Waals surface area (Å²) < 4.78 is 6.04. The van der Waals surface area contributed by atoms with Crippen LogP contribution in [-0.4, -0.2) is 39.9 Å². The summed E-state index contributed by atoms with van der Waals surface area (Å²) in [5.41, 5.74) is 17.3. The molecule has 1 saturated carbocycles. The lowest BCUT2D eigenvalue weighted by molar-refractivity contribution is -0.122. The number of nitrogen functional groups attached to an aromatic ring is 1. The van der Waals surface area contributed by atoms with Crippen molar-refractivity contribution in [3.8, 4) is 5.88 Å². The Labute approximate surface area is 195 Å². The van der Waals surface area contributed by atoms with Gasteiger partial charge in [-0.1, -0.05) is 25.5 Å². The summed E-state index contributed by atoms with van der Waals surface area (Å²) in [5.74, 6) is 2.93. The minimum absolute atomic E-state index is 0.206. The highest BCUT2D eigenvalue weighted by atomic mass is 16.5. The fraction of sp³-hybridized carbons (Fsp3) is 0.520. The number of nitrogens with two attached hydrogens (primary N) is 2. The minimum Gasteiger partial charge on any atom is -0.483 e. The molecule has 2 aromatic rings. The van der Waals surface area contributed by atoms with E-state index in [1.807, 2.05) is 6.92 Å². The van der Waals surface area contributed by atoms with Crippen LogP contribution in [0.1, 0.15) is 74.4 Å². The zero-order chi connectivity index (χ0) is 24.0. The highest BCUT2D eigenvalue weighted by Crippen LogP contribution is 2.40. The van der Waals surface area contributed by atoms with Gasteiger partial charge in [-0.05, 0) is 81.5 Å². The van der Waals surface area contributed by atoms with E-state index in [-0.39, 0.29) is 12.6 Å². The van der Waals surface area contributed by atoms with Crippen LogP contribution in [-0.2, 0) is 11.2 Å². The number of fused-ring (bicyclic) bond motifs is 1. The molecule has 1 fully saturated rings. The molecule has 1 unspecified atom stereocenters. The van der Waals surface area contributed by atoms with Gasteiger partial charge in [-0.15, -0.1) is 0 Å². The predicted molar refractivity (Wildman–Crippen MR) is 130 cm³/mol. The summed E-state index contributed by atoms with van der Waals surface area (Å²) in [6, 6.07) is 6.72. The normalized spacial score (nSPS) is 21.7. The van der Waals surface area contributed by atoms with E-state index in [4.69, 9.17) is 31.1 Å². The smallest absolute Gasteiger partial charge is 0.290 e. The van der Waals surface area contributed by atoms with Gasteiger partial charge in [0.15, 0.2) is 11.5 Å². The Morgan fingerprint density at radius 3 is 2.55 bits per heavy atom. The van der Waals surface area contributed by atoms with Crippen molar-refractivity contribution in [3.05, 3.63) is 40.7 Å². The third-order valence-electron chi connectivity index (χ3n) is 6.61. The number of hydrogen-bond donors (Lipinski definition) is 3. The van der Waals surface area contributed by atoms with Crippen LogP contribution in [0.4, 0.5) is 11.5 Å². The van der Waals surface area contributed by atoms with E-state index < -0.39 is 0 Å².